The van der Waals surface area contributed by atoms with Crippen LogP contribution in [0.4, 0.5) is 0 Å². The minimum atomic E-state index is -0.0972. The second kappa shape index (κ2) is 7.82. The third-order valence-corrected chi connectivity index (χ3v) is 7.12. The van der Waals surface area contributed by atoms with Gasteiger partial charge in [0.15, 0.2) is 5.76 Å². The van der Waals surface area contributed by atoms with Crippen LogP contribution in [0.2, 0.25) is 0 Å². The van der Waals surface area contributed by atoms with Crippen LogP contribution in [0, 0.1) is 23.2 Å². The quantitative estimate of drug-likeness (QED) is 0.765. The summed E-state index contributed by atoms with van der Waals surface area (Å²) in [5.74, 6) is 1.05. The summed E-state index contributed by atoms with van der Waals surface area (Å²) >= 11 is 0. The fraction of sp³-hybridized carbons (Fsp3) is 0.609. The van der Waals surface area contributed by atoms with Crippen molar-refractivity contribution < 1.29 is 14.0 Å². The van der Waals surface area contributed by atoms with Crippen molar-refractivity contribution >= 4 is 11.8 Å². The van der Waals surface area contributed by atoms with Crippen LogP contribution in [0.5, 0.6) is 0 Å². The van der Waals surface area contributed by atoms with E-state index in [0.717, 1.165) is 37.9 Å². The van der Waals surface area contributed by atoms with Crippen molar-refractivity contribution in [3.05, 3.63) is 35.4 Å². The number of furan rings is 1. The van der Waals surface area contributed by atoms with Gasteiger partial charge in [0.05, 0.1) is 6.26 Å². The van der Waals surface area contributed by atoms with E-state index in [0.29, 0.717) is 43.4 Å². The monoisotopic (exact) mass is 408 g/mol. The standard InChI is InChI=1S/C23H28N4O3/c24-14-18-21(25-9-11-26(12-10-25)23(29)20-6-3-13-30-20)17-4-1-2-5-19(17)27(22(18)28)15-16-7-8-16/h3,6,13,16-17,19H,1-2,4-5,7-12,15H2. The van der Waals surface area contributed by atoms with E-state index in [1.165, 1.54) is 19.1 Å². The van der Waals surface area contributed by atoms with E-state index in [4.69, 9.17) is 4.42 Å². The first-order chi connectivity index (χ1) is 14.7. The van der Waals surface area contributed by atoms with Crippen LogP contribution in [0.3, 0.4) is 0 Å². The Morgan fingerprint density at radius 3 is 2.57 bits per heavy atom. The maximum Gasteiger partial charge on any atom is 0.289 e. The van der Waals surface area contributed by atoms with Gasteiger partial charge in [0.1, 0.15) is 11.6 Å². The lowest BCUT2D eigenvalue weighted by Crippen LogP contribution is -2.56. The minimum Gasteiger partial charge on any atom is -0.459 e. The second-order valence-corrected chi connectivity index (χ2v) is 8.99. The molecule has 5 rings (SSSR count). The number of rotatable bonds is 4. The van der Waals surface area contributed by atoms with Gasteiger partial charge in [-0.05, 0) is 43.7 Å². The molecule has 4 aliphatic rings. The zero-order valence-electron chi connectivity index (χ0n) is 17.3. The number of amides is 2. The molecule has 2 aliphatic carbocycles. The van der Waals surface area contributed by atoms with E-state index < -0.39 is 0 Å². The molecular formula is C23H28N4O3. The number of piperazine rings is 1. The molecule has 0 radical (unpaired) electrons. The van der Waals surface area contributed by atoms with E-state index in [-0.39, 0.29) is 23.8 Å². The van der Waals surface area contributed by atoms with Gasteiger partial charge >= 0.3 is 0 Å². The molecule has 1 saturated heterocycles. The summed E-state index contributed by atoms with van der Waals surface area (Å²) < 4.78 is 5.25. The lowest BCUT2D eigenvalue weighted by molar-refractivity contribution is -0.133. The first-order valence-electron chi connectivity index (χ1n) is 11.2. The molecule has 158 valence electrons. The highest BCUT2D eigenvalue weighted by Gasteiger charge is 2.46. The first kappa shape index (κ1) is 19.2. The molecule has 1 aromatic rings. The van der Waals surface area contributed by atoms with Gasteiger partial charge in [-0.1, -0.05) is 12.8 Å². The van der Waals surface area contributed by atoms with Crippen molar-refractivity contribution in [1.82, 2.24) is 14.7 Å². The highest BCUT2D eigenvalue weighted by atomic mass is 16.3. The van der Waals surface area contributed by atoms with Crippen LogP contribution < -0.4 is 0 Å². The number of nitrogens with zero attached hydrogens (tertiary/aromatic N) is 4. The molecule has 2 aliphatic heterocycles. The molecule has 7 nitrogen and oxygen atoms in total. The van der Waals surface area contributed by atoms with Crippen molar-refractivity contribution in [3.63, 3.8) is 0 Å². The lowest BCUT2D eigenvalue weighted by Gasteiger charge is -2.49. The molecule has 2 atom stereocenters. The van der Waals surface area contributed by atoms with Crippen molar-refractivity contribution in [2.45, 2.75) is 44.6 Å². The van der Waals surface area contributed by atoms with Gasteiger partial charge in [0, 0.05) is 50.4 Å². The lowest BCUT2D eigenvalue weighted by atomic mass is 9.76. The topological polar surface area (TPSA) is 80.8 Å². The molecule has 7 heteroatoms. The van der Waals surface area contributed by atoms with Crippen molar-refractivity contribution in [1.29, 1.82) is 5.26 Å². The van der Waals surface area contributed by atoms with Gasteiger partial charge in [-0.2, -0.15) is 5.26 Å². The zero-order chi connectivity index (χ0) is 20.7. The SMILES string of the molecule is N#CC1=C(N2CCN(C(=O)c3ccco3)CC2)C2CCCCC2N(CC2CC2)C1=O. The number of hydrogen-bond donors (Lipinski definition) is 0. The molecule has 1 aromatic heterocycles. The molecule has 2 unspecified atom stereocenters. The van der Waals surface area contributed by atoms with Gasteiger partial charge in [-0.25, -0.2) is 0 Å². The first-order valence-corrected chi connectivity index (χ1v) is 11.2. The molecule has 2 amide bonds. The highest BCUT2D eigenvalue weighted by molar-refractivity contribution is 5.99. The van der Waals surface area contributed by atoms with E-state index in [2.05, 4.69) is 11.0 Å². The third-order valence-electron chi connectivity index (χ3n) is 7.12. The normalized spacial score (nSPS) is 27.2. The van der Waals surface area contributed by atoms with Gasteiger partial charge in [0.25, 0.3) is 11.8 Å². The molecule has 3 fully saturated rings. The van der Waals surface area contributed by atoms with Crippen LogP contribution in [0.15, 0.2) is 34.1 Å². The van der Waals surface area contributed by atoms with Crippen LogP contribution >= 0.6 is 0 Å². The van der Waals surface area contributed by atoms with Crippen LogP contribution in [0.1, 0.15) is 49.1 Å². The smallest absolute Gasteiger partial charge is 0.289 e. The summed E-state index contributed by atoms with van der Waals surface area (Å²) in [5.41, 5.74) is 1.29. The second-order valence-electron chi connectivity index (χ2n) is 8.99. The van der Waals surface area contributed by atoms with Crippen LogP contribution in [-0.2, 0) is 4.79 Å². The number of carbonyl (C=O) groups excluding carboxylic acids is 2. The molecule has 0 N–H and O–H groups in total. The maximum absolute atomic E-state index is 13.3. The summed E-state index contributed by atoms with van der Waals surface area (Å²) in [6, 6.07) is 5.90. The largest absolute Gasteiger partial charge is 0.459 e. The van der Waals surface area contributed by atoms with Gasteiger partial charge in [-0.3, -0.25) is 9.59 Å². The van der Waals surface area contributed by atoms with E-state index in [1.807, 2.05) is 4.90 Å². The Labute approximate surface area is 176 Å². The van der Waals surface area contributed by atoms with Gasteiger partial charge in [-0.15, -0.1) is 0 Å². The maximum atomic E-state index is 13.3. The molecule has 30 heavy (non-hydrogen) atoms. The van der Waals surface area contributed by atoms with Crippen molar-refractivity contribution in [2.24, 2.45) is 11.8 Å². The Hall–Kier alpha value is -2.75. The summed E-state index contributed by atoms with van der Waals surface area (Å²) in [7, 11) is 0. The molecular weight excluding hydrogens is 380 g/mol. The van der Waals surface area contributed by atoms with Crippen LogP contribution in [0.25, 0.3) is 0 Å². The average molecular weight is 409 g/mol. The Morgan fingerprint density at radius 1 is 1.13 bits per heavy atom. The number of fused-ring (bicyclic) bond motifs is 1. The van der Waals surface area contributed by atoms with E-state index >= 15 is 0 Å². The number of nitriles is 1. The fourth-order valence-electron chi connectivity index (χ4n) is 5.39. The fourth-order valence-corrected chi connectivity index (χ4v) is 5.39. The number of hydrogen-bond acceptors (Lipinski definition) is 5. The number of carbonyl (C=O) groups is 2. The molecule has 0 bridgehead atoms. The Balaban J connectivity index is 1.37. The predicted molar refractivity (Wildman–Crippen MR) is 109 cm³/mol. The summed E-state index contributed by atoms with van der Waals surface area (Å²) in [6.45, 7) is 3.24. The summed E-state index contributed by atoms with van der Waals surface area (Å²) in [5, 5.41) is 9.93. The predicted octanol–water partition coefficient (Wildman–Crippen LogP) is 2.63. The zero-order valence-corrected chi connectivity index (χ0v) is 17.3. The summed E-state index contributed by atoms with van der Waals surface area (Å²) in [4.78, 5) is 31.9. The van der Waals surface area contributed by atoms with Gasteiger partial charge < -0.3 is 19.1 Å². The van der Waals surface area contributed by atoms with Crippen molar-refractivity contribution in [3.8, 4) is 6.07 Å². The Kier molecular flexibility index (Phi) is 5.01. The highest BCUT2D eigenvalue weighted by Crippen LogP contribution is 2.43. The molecule has 2 saturated carbocycles. The van der Waals surface area contributed by atoms with Crippen molar-refractivity contribution in [2.75, 3.05) is 32.7 Å². The third kappa shape index (κ3) is 3.38. The molecule has 0 spiro atoms. The van der Waals surface area contributed by atoms with E-state index in [9.17, 15) is 14.9 Å². The molecule has 0 aromatic carbocycles. The average Bonchev–Trinajstić information content (AvgIpc) is 3.44. The Morgan fingerprint density at radius 2 is 1.90 bits per heavy atom. The van der Waals surface area contributed by atoms with Crippen LogP contribution in [-0.4, -0.2) is 65.3 Å². The molecule has 3 heterocycles. The van der Waals surface area contributed by atoms with E-state index in [1.54, 1.807) is 17.0 Å². The Bertz CT molecular complexity index is 888. The van der Waals surface area contributed by atoms with Gasteiger partial charge in [0.2, 0.25) is 0 Å². The summed E-state index contributed by atoms with van der Waals surface area (Å²) in [6.07, 6.45) is 8.27. The minimum absolute atomic E-state index is 0.0726.